The molecule has 0 amide bonds. The first-order valence-corrected chi connectivity index (χ1v) is 7.08. The predicted molar refractivity (Wildman–Crippen MR) is 63.7 cm³/mol. The van der Waals surface area contributed by atoms with Crippen molar-refractivity contribution >= 4 is 10.0 Å². The Hall–Kier alpha value is -1.14. The highest BCUT2D eigenvalue weighted by atomic mass is 32.2. The smallest absolute Gasteiger partial charge is 0.209 e. The van der Waals surface area contributed by atoms with Crippen molar-refractivity contribution in [1.29, 1.82) is 0 Å². The van der Waals surface area contributed by atoms with Crippen LogP contribution in [0.15, 0.2) is 24.3 Å². The zero-order valence-electron chi connectivity index (χ0n) is 9.43. The molecule has 2 N–H and O–H groups in total. The zero-order valence-corrected chi connectivity index (χ0v) is 10.2. The number of para-hydroxylation sites is 1. The van der Waals surface area contributed by atoms with Crippen LogP contribution in [0.1, 0.15) is 19.3 Å². The molecule has 4 nitrogen and oxygen atoms in total. The molecule has 0 unspecified atom stereocenters. The van der Waals surface area contributed by atoms with Crippen molar-refractivity contribution in [2.45, 2.75) is 19.3 Å². The minimum atomic E-state index is -3.37. The summed E-state index contributed by atoms with van der Waals surface area (Å²) in [4.78, 5) is 0. The Morgan fingerprint density at radius 3 is 2.53 bits per heavy atom. The van der Waals surface area contributed by atoms with Gasteiger partial charge in [-0.05, 0) is 31.4 Å². The van der Waals surface area contributed by atoms with Crippen LogP contribution in [0.3, 0.4) is 0 Å². The van der Waals surface area contributed by atoms with E-state index in [2.05, 4.69) is 0 Å². The lowest BCUT2D eigenvalue weighted by atomic mass is 10.2. The van der Waals surface area contributed by atoms with E-state index in [0.29, 0.717) is 25.9 Å². The number of hydrogen-bond acceptors (Lipinski definition) is 3. The fourth-order valence-electron chi connectivity index (χ4n) is 1.33. The third-order valence-corrected chi connectivity index (χ3v) is 3.03. The topological polar surface area (TPSA) is 69.4 Å². The van der Waals surface area contributed by atoms with Gasteiger partial charge in [0, 0.05) is 0 Å². The maximum Gasteiger partial charge on any atom is 0.209 e. The van der Waals surface area contributed by atoms with Crippen molar-refractivity contribution in [2.75, 3.05) is 12.4 Å². The molecule has 0 saturated heterocycles. The summed E-state index contributed by atoms with van der Waals surface area (Å²) in [5.41, 5.74) is 0. The van der Waals surface area contributed by atoms with Gasteiger partial charge < -0.3 is 4.74 Å². The summed E-state index contributed by atoms with van der Waals surface area (Å²) in [6.07, 6.45) is 1.86. The molecule has 0 aliphatic carbocycles. The lowest BCUT2D eigenvalue weighted by Crippen LogP contribution is -2.16. The standard InChI is InChI=1S/C11H16FNO3S/c12-10-6-2-3-7-11(10)16-8-4-1-5-9-17(13,14)15/h2-3,6-7H,1,4-5,8-9H2,(H2,13,14,15). The fraction of sp³-hybridized carbons (Fsp3) is 0.455. The van der Waals surface area contributed by atoms with Gasteiger partial charge in [-0.25, -0.2) is 17.9 Å². The number of unbranched alkanes of at least 4 members (excludes halogenated alkanes) is 2. The Morgan fingerprint density at radius 2 is 1.88 bits per heavy atom. The molecule has 1 aromatic carbocycles. The van der Waals surface area contributed by atoms with Crippen molar-refractivity contribution in [1.82, 2.24) is 0 Å². The zero-order chi connectivity index (χ0) is 12.7. The SMILES string of the molecule is NS(=O)(=O)CCCCCOc1ccccc1F. The number of sulfonamides is 1. The number of benzene rings is 1. The molecule has 0 spiro atoms. The molecular formula is C11H16FNO3S. The van der Waals surface area contributed by atoms with Gasteiger partial charge in [-0.15, -0.1) is 0 Å². The number of halogens is 1. The highest BCUT2D eigenvalue weighted by Crippen LogP contribution is 2.15. The average molecular weight is 261 g/mol. The molecule has 1 aromatic rings. The summed E-state index contributed by atoms with van der Waals surface area (Å²) < 4.78 is 39.6. The van der Waals surface area contributed by atoms with Crippen LogP contribution in [-0.4, -0.2) is 20.8 Å². The third kappa shape index (κ3) is 6.23. The monoisotopic (exact) mass is 261 g/mol. The normalized spacial score (nSPS) is 11.4. The van der Waals surface area contributed by atoms with E-state index in [1.165, 1.54) is 6.07 Å². The fourth-order valence-corrected chi connectivity index (χ4v) is 1.93. The molecule has 0 fully saturated rings. The summed E-state index contributed by atoms with van der Waals surface area (Å²) in [6.45, 7) is 0.367. The number of primary sulfonamides is 1. The molecule has 0 aliphatic rings. The van der Waals surface area contributed by atoms with Crippen LogP contribution in [-0.2, 0) is 10.0 Å². The van der Waals surface area contributed by atoms with E-state index in [9.17, 15) is 12.8 Å². The van der Waals surface area contributed by atoms with E-state index >= 15 is 0 Å². The number of nitrogens with two attached hydrogens (primary N) is 1. The summed E-state index contributed by atoms with van der Waals surface area (Å²) in [5, 5.41) is 4.85. The largest absolute Gasteiger partial charge is 0.491 e. The van der Waals surface area contributed by atoms with Crippen molar-refractivity contribution < 1.29 is 17.5 Å². The van der Waals surface area contributed by atoms with E-state index in [1.54, 1.807) is 18.2 Å². The highest BCUT2D eigenvalue weighted by molar-refractivity contribution is 7.89. The second-order valence-corrected chi connectivity index (χ2v) is 5.44. The second-order valence-electron chi connectivity index (χ2n) is 3.71. The third-order valence-electron chi connectivity index (χ3n) is 2.17. The van der Waals surface area contributed by atoms with Crippen molar-refractivity contribution in [2.24, 2.45) is 5.14 Å². The van der Waals surface area contributed by atoms with Gasteiger partial charge in [-0.2, -0.15) is 0 Å². The molecule has 0 bridgehead atoms. The minimum absolute atomic E-state index is 0.0211. The maximum absolute atomic E-state index is 13.1. The number of hydrogen-bond donors (Lipinski definition) is 1. The van der Waals surface area contributed by atoms with E-state index in [0.717, 1.165) is 0 Å². The van der Waals surface area contributed by atoms with Gasteiger partial charge in [0.15, 0.2) is 11.6 Å². The Balaban J connectivity index is 2.15. The number of ether oxygens (including phenoxy) is 1. The summed E-state index contributed by atoms with van der Waals surface area (Å²) in [7, 11) is -3.37. The molecule has 0 atom stereocenters. The van der Waals surface area contributed by atoms with Crippen LogP contribution in [0.4, 0.5) is 4.39 Å². The summed E-state index contributed by atoms with van der Waals surface area (Å²) in [5.74, 6) is -0.192. The van der Waals surface area contributed by atoms with Crippen LogP contribution >= 0.6 is 0 Å². The average Bonchev–Trinajstić information content (AvgIpc) is 2.24. The Kier molecular flexibility index (Phi) is 5.37. The van der Waals surface area contributed by atoms with Gasteiger partial charge in [-0.1, -0.05) is 12.1 Å². The van der Waals surface area contributed by atoms with Gasteiger partial charge in [0.05, 0.1) is 12.4 Å². The minimum Gasteiger partial charge on any atom is -0.491 e. The Labute approximate surface area is 101 Å². The predicted octanol–water partition coefficient (Wildman–Crippen LogP) is 1.66. The molecule has 0 heterocycles. The van der Waals surface area contributed by atoms with Crippen molar-refractivity contribution in [3.05, 3.63) is 30.1 Å². The van der Waals surface area contributed by atoms with E-state index in [-0.39, 0.29) is 11.5 Å². The van der Waals surface area contributed by atoms with Crippen LogP contribution in [0.2, 0.25) is 0 Å². The molecular weight excluding hydrogens is 245 g/mol. The maximum atomic E-state index is 13.1. The quantitative estimate of drug-likeness (QED) is 0.759. The van der Waals surface area contributed by atoms with Gasteiger partial charge in [0.25, 0.3) is 0 Å². The molecule has 17 heavy (non-hydrogen) atoms. The highest BCUT2D eigenvalue weighted by Gasteiger charge is 2.03. The van der Waals surface area contributed by atoms with Crippen LogP contribution < -0.4 is 9.88 Å². The summed E-state index contributed by atoms with van der Waals surface area (Å²) >= 11 is 0. The molecule has 0 aromatic heterocycles. The molecule has 6 heteroatoms. The second kappa shape index (κ2) is 6.56. The van der Waals surface area contributed by atoms with Crippen LogP contribution in [0.5, 0.6) is 5.75 Å². The van der Waals surface area contributed by atoms with Crippen molar-refractivity contribution in [3.63, 3.8) is 0 Å². The lowest BCUT2D eigenvalue weighted by Gasteiger charge is -2.06. The first kappa shape index (κ1) is 13.9. The lowest BCUT2D eigenvalue weighted by molar-refractivity contribution is 0.291. The van der Waals surface area contributed by atoms with E-state index in [4.69, 9.17) is 9.88 Å². The van der Waals surface area contributed by atoms with Crippen molar-refractivity contribution in [3.8, 4) is 5.75 Å². The molecule has 0 radical (unpaired) electrons. The van der Waals surface area contributed by atoms with Crippen LogP contribution in [0.25, 0.3) is 0 Å². The van der Waals surface area contributed by atoms with Gasteiger partial charge in [-0.3, -0.25) is 0 Å². The van der Waals surface area contributed by atoms with Gasteiger partial charge in [0.2, 0.25) is 10.0 Å². The first-order chi connectivity index (χ1) is 7.99. The first-order valence-electron chi connectivity index (χ1n) is 5.37. The van der Waals surface area contributed by atoms with E-state index in [1.807, 2.05) is 0 Å². The molecule has 96 valence electrons. The molecule has 1 rings (SSSR count). The van der Waals surface area contributed by atoms with Gasteiger partial charge >= 0.3 is 0 Å². The van der Waals surface area contributed by atoms with E-state index < -0.39 is 15.8 Å². The molecule has 0 aliphatic heterocycles. The number of rotatable bonds is 7. The van der Waals surface area contributed by atoms with Crippen LogP contribution in [0, 0.1) is 5.82 Å². The Morgan fingerprint density at radius 1 is 1.18 bits per heavy atom. The summed E-state index contributed by atoms with van der Waals surface area (Å²) in [6, 6.07) is 6.17. The Bertz CT molecular complexity index is 448. The van der Waals surface area contributed by atoms with Gasteiger partial charge in [0.1, 0.15) is 0 Å². The molecule has 0 saturated carbocycles.